The van der Waals surface area contributed by atoms with E-state index >= 15 is 0 Å². The lowest BCUT2D eigenvalue weighted by Crippen LogP contribution is -2.43. The summed E-state index contributed by atoms with van der Waals surface area (Å²) in [6, 6.07) is 49.5. The molecule has 0 radical (unpaired) electrons. The van der Waals surface area contributed by atoms with Crippen molar-refractivity contribution < 1.29 is 8.85 Å². The maximum atomic E-state index is 7.73. The van der Waals surface area contributed by atoms with Gasteiger partial charge in [-0.15, -0.1) is 0 Å². The molecule has 0 unspecified atom stereocenters. The Kier molecular flexibility index (Phi) is 18.0. The predicted octanol–water partition coefficient (Wildman–Crippen LogP) is 17.0. The monoisotopic (exact) mass is 969 g/mol. The van der Waals surface area contributed by atoms with Crippen LogP contribution in [0.2, 0.25) is 39.3 Å². The number of rotatable bonds is 13. The summed E-state index contributed by atoms with van der Waals surface area (Å²) >= 11 is 0. The molecule has 4 heterocycles. The van der Waals surface area contributed by atoms with Gasteiger partial charge in [0.2, 0.25) is 0 Å². The Bertz CT molecular complexity index is 2280. The van der Waals surface area contributed by atoms with E-state index < -0.39 is 27.8 Å². The fourth-order valence-electron chi connectivity index (χ4n) is 11.6. The summed E-state index contributed by atoms with van der Waals surface area (Å²) in [7, 11) is -4.33. The minimum absolute atomic E-state index is 0.774. The topological polar surface area (TPSA) is 44.2 Å². The van der Waals surface area contributed by atoms with E-state index in [0.717, 1.165) is 51.4 Å². The second-order valence-electron chi connectivity index (χ2n) is 22.6. The van der Waals surface area contributed by atoms with Crippen molar-refractivity contribution in [3.63, 3.8) is 0 Å². The average Bonchev–Trinajstić information content (AvgIpc) is 3.36. The Morgan fingerprint density at radius 2 is 0.614 bits per heavy atom. The van der Waals surface area contributed by atoms with E-state index in [0.29, 0.717) is 0 Å². The highest BCUT2D eigenvalue weighted by Crippen LogP contribution is 2.47. The van der Waals surface area contributed by atoms with Crippen LogP contribution in [0.1, 0.15) is 170 Å². The molecule has 6 aromatic rings. The fourth-order valence-corrected chi connectivity index (χ4v) is 14.1. The van der Waals surface area contributed by atoms with Crippen molar-refractivity contribution in [1.82, 2.24) is 9.97 Å². The number of benzene rings is 4. The van der Waals surface area contributed by atoms with Crippen molar-refractivity contribution in [2.45, 2.75) is 192 Å². The third kappa shape index (κ3) is 12.9. The van der Waals surface area contributed by atoms with Crippen molar-refractivity contribution in [2.24, 2.45) is 0 Å². The van der Waals surface area contributed by atoms with Crippen LogP contribution in [0.5, 0.6) is 0 Å². The van der Waals surface area contributed by atoms with Crippen LogP contribution in [-0.4, -0.2) is 26.6 Å². The number of aromatic nitrogens is 2. The predicted molar refractivity (Wildman–Crippen MR) is 299 cm³/mol. The molecule has 2 aromatic heterocycles. The van der Waals surface area contributed by atoms with Gasteiger partial charge < -0.3 is 8.85 Å². The molecule has 0 fully saturated rings. The van der Waals surface area contributed by atoms with Gasteiger partial charge in [-0.1, -0.05) is 198 Å². The quantitative estimate of drug-likeness (QED) is 0.108. The minimum atomic E-state index is -2.17. The maximum absolute atomic E-state index is 7.73. The molecule has 370 valence electrons. The first-order valence-corrected chi connectivity index (χ1v) is 34.4. The Hall–Kier alpha value is -4.47. The first kappa shape index (κ1) is 51.9. The summed E-state index contributed by atoms with van der Waals surface area (Å²) in [5, 5.41) is 0. The van der Waals surface area contributed by atoms with Crippen LogP contribution < -0.4 is 0 Å². The number of aryl methyl sites for hydroxylation is 6. The Morgan fingerprint density at radius 1 is 0.357 bits per heavy atom. The molecule has 2 aliphatic heterocycles. The summed E-state index contributed by atoms with van der Waals surface area (Å²) in [5.74, 6) is 0. The van der Waals surface area contributed by atoms with Crippen molar-refractivity contribution in [2.75, 3.05) is 0 Å². The molecule has 0 saturated heterocycles. The van der Waals surface area contributed by atoms with E-state index in [4.69, 9.17) is 18.8 Å². The number of nitrogens with zero attached hydrogens (tertiary/aromatic N) is 2. The van der Waals surface area contributed by atoms with E-state index in [2.05, 4.69) is 173 Å². The molecule has 0 saturated carbocycles. The molecule has 4 bridgehead atoms. The highest BCUT2D eigenvalue weighted by Gasteiger charge is 2.45. The van der Waals surface area contributed by atoms with Gasteiger partial charge in [-0.05, 0) is 149 Å². The van der Waals surface area contributed by atoms with Gasteiger partial charge in [0.25, 0.3) is 0 Å². The summed E-state index contributed by atoms with van der Waals surface area (Å²) in [5.41, 5.74) is 13.4. The number of hydrogen-bond acceptors (Lipinski definition) is 4. The smallest absolute Gasteiger partial charge is 0.185 e. The second kappa shape index (κ2) is 24.3. The molecule has 70 heavy (non-hydrogen) atoms. The average molecular weight is 970 g/mol. The third-order valence-corrected chi connectivity index (χ3v) is 16.6. The van der Waals surface area contributed by atoms with E-state index in [-0.39, 0.29) is 0 Å². The van der Waals surface area contributed by atoms with Gasteiger partial charge in [0, 0.05) is 33.9 Å². The summed E-state index contributed by atoms with van der Waals surface area (Å²) in [6.07, 6.45) is 25.8. The van der Waals surface area contributed by atoms with Crippen LogP contribution in [0.25, 0.3) is 0 Å². The molecule has 0 spiro atoms. The van der Waals surface area contributed by atoms with E-state index in [9.17, 15) is 0 Å². The van der Waals surface area contributed by atoms with Crippen molar-refractivity contribution >= 4 is 16.6 Å². The largest absolute Gasteiger partial charge is 0.400 e. The Labute approximate surface area is 425 Å². The molecule has 0 atom stereocenters. The second-order valence-corrected chi connectivity index (χ2v) is 31.4. The van der Waals surface area contributed by atoms with Gasteiger partial charge in [0.15, 0.2) is 16.6 Å². The number of hydrogen-bond donors (Lipinski definition) is 0. The van der Waals surface area contributed by atoms with Gasteiger partial charge in [-0.25, -0.2) is 0 Å². The van der Waals surface area contributed by atoms with Crippen molar-refractivity contribution in [1.29, 1.82) is 0 Å². The first-order valence-electron chi connectivity index (χ1n) is 27.6. The molecule has 6 heteroatoms. The Balaban J connectivity index is 1.31. The van der Waals surface area contributed by atoms with Crippen molar-refractivity contribution in [3.05, 3.63) is 201 Å². The highest BCUT2D eigenvalue weighted by molar-refractivity contribution is 6.70. The zero-order chi connectivity index (χ0) is 48.9. The molecule has 0 amide bonds. The molecule has 2 aliphatic carbocycles. The number of pyridine rings is 2. The van der Waals surface area contributed by atoms with Gasteiger partial charge in [-0.3, -0.25) is 9.97 Å². The first-order chi connectivity index (χ1) is 34.0. The van der Waals surface area contributed by atoms with E-state index in [1.54, 1.807) is 0 Å². The van der Waals surface area contributed by atoms with Crippen LogP contribution in [0.4, 0.5) is 0 Å². The highest BCUT2D eigenvalue weighted by atomic mass is 28.4. The lowest BCUT2D eigenvalue weighted by molar-refractivity contribution is 0.144. The third-order valence-electron chi connectivity index (χ3n) is 14.8. The van der Waals surface area contributed by atoms with Crippen molar-refractivity contribution in [3.8, 4) is 0 Å². The van der Waals surface area contributed by atoms with Gasteiger partial charge in [-0.2, -0.15) is 0 Å². The van der Waals surface area contributed by atoms with Crippen LogP contribution in [-0.2, 0) is 58.6 Å². The molecular weight excluding hydrogens is 885 g/mol. The van der Waals surface area contributed by atoms with Gasteiger partial charge in [0.05, 0.1) is 0 Å². The zero-order valence-corrected chi connectivity index (χ0v) is 46.0. The minimum Gasteiger partial charge on any atom is -0.400 e. The van der Waals surface area contributed by atoms with Crippen LogP contribution >= 0.6 is 0 Å². The lowest BCUT2D eigenvalue weighted by atomic mass is 9.77. The summed E-state index contributed by atoms with van der Waals surface area (Å²) in [4.78, 5) is 11.9. The number of fused-ring (bicyclic) bond motifs is 22. The molecule has 4 aromatic carbocycles. The fraction of sp³-hybridized carbons (Fsp3) is 0.469. The molecule has 4 aliphatic rings. The molecule has 0 N–H and O–H groups in total. The van der Waals surface area contributed by atoms with Crippen LogP contribution in [0.15, 0.2) is 133 Å². The maximum Gasteiger partial charge on any atom is 0.185 e. The molecule has 4 nitrogen and oxygen atoms in total. The zero-order valence-electron chi connectivity index (χ0n) is 44.0. The molecular formula is C64H84N2O2Si2. The van der Waals surface area contributed by atoms with Gasteiger partial charge in [0.1, 0.15) is 11.2 Å². The summed E-state index contributed by atoms with van der Waals surface area (Å²) < 4.78 is 15.5. The van der Waals surface area contributed by atoms with E-state index in [1.807, 2.05) is 0 Å². The van der Waals surface area contributed by atoms with E-state index in [1.165, 1.54) is 157 Å². The SMILES string of the molecule is C[Si](C)(C)OC(c1ccccc1)(c1ccccc1)c1cc2c(CCc3nc4c(C(O[Si](C)(C)C)(c5ccccc5)c5ccccc5)cc3CCCCCCCCCC4)nc1CCCCCCCCCC2. The normalized spacial score (nSPS) is 16.4. The summed E-state index contributed by atoms with van der Waals surface area (Å²) in [6.45, 7) is 14.1. The molecule has 10 rings (SSSR count). The Morgan fingerprint density at radius 3 is 0.886 bits per heavy atom. The van der Waals surface area contributed by atoms with Crippen LogP contribution in [0.3, 0.4) is 0 Å². The van der Waals surface area contributed by atoms with Crippen LogP contribution in [0, 0.1) is 0 Å². The van der Waals surface area contributed by atoms with Gasteiger partial charge >= 0.3 is 0 Å². The lowest BCUT2D eigenvalue weighted by Gasteiger charge is -2.42. The standard InChI is InChI=1S/C64H84N2O2Si2/c1-69(2,3)67-63(53-37-25-19-26-38-53,54-39-27-20-28-40-54)57-49-51-35-23-15-11-7-9-13-17-33-45-61(57)65-59(51)47-48-60-52-36-24-16-12-8-10-14-18-34-46-62(66-60)58(50-52)64(68-70(4,5)6,55-41-29-21-30-42-55)56-43-31-22-32-44-56/h19-22,25-32,37-44,49-50H,7-18,23-24,33-36,45-48H2,1-6H3.